The maximum absolute atomic E-state index is 12.1. The summed E-state index contributed by atoms with van der Waals surface area (Å²) in [5.74, 6) is -0.0391. The van der Waals surface area contributed by atoms with Crippen molar-refractivity contribution in [3.63, 3.8) is 0 Å². The zero-order valence-corrected chi connectivity index (χ0v) is 12.7. The van der Waals surface area contributed by atoms with Gasteiger partial charge in [0, 0.05) is 17.5 Å². The van der Waals surface area contributed by atoms with Crippen LogP contribution in [0.15, 0.2) is 28.7 Å². The first-order valence-corrected chi connectivity index (χ1v) is 8.26. The molecule has 0 spiro atoms. The van der Waals surface area contributed by atoms with E-state index in [4.69, 9.17) is 0 Å². The molecule has 2 heterocycles. The summed E-state index contributed by atoms with van der Waals surface area (Å²) in [5, 5.41) is 10.4. The first-order valence-electron chi connectivity index (χ1n) is 5.96. The van der Waals surface area contributed by atoms with Crippen LogP contribution in [0.4, 0.5) is 5.95 Å². The van der Waals surface area contributed by atoms with Crippen LogP contribution in [-0.4, -0.2) is 29.6 Å². The minimum atomic E-state index is -3.66. The highest BCUT2D eigenvalue weighted by atomic mass is 32.2. The Balaban J connectivity index is 2.10. The van der Waals surface area contributed by atoms with Crippen LogP contribution in [0.5, 0.6) is 0 Å². The molecule has 2 N–H and O–H groups in total. The summed E-state index contributed by atoms with van der Waals surface area (Å²) >= 11 is 1.21. The van der Waals surface area contributed by atoms with Crippen molar-refractivity contribution in [1.82, 2.24) is 20.5 Å². The molecule has 9 heteroatoms. The standard InChI is InChI=1S/C11H15N5O2S2/c1-8(2)13-7-9-3-4-10(19-9)20(17,18)16-11-12-5-6-14-15-11/h3-6,8,13H,7H2,1-2H3,(H,12,15,16). The van der Waals surface area contributed by atoms with Crippen molar-refractivity contribution in [1.29, 1.82) is 0 Å². The highest BCUT2D eigenvalue weighted by Gasteiger charge is 2.18. The number of rotatable bonds is 6. The van der Waals surface area contributed by atoms with Gasteiger partial charge in [0.25, 0.3) is 16.0 Å². The zero-order chi connectivity index (χ0) is 14.6. The Morgan fingerprint density at radius 2 is 2.10 bits per heavy atom. The summed E-state index contributed by atoms with van der Waals surface area (Å²) in [6.07, 6.45) is 2.75. The highest BCUT2D eigenvalue weighted by Crippen LogP contribution is 2.23. The van der Waals surface area contributed by atoms with Gasteiger partial charge in [-0.15, -0.1) is 16.4 Å². The van der Waals surface area contributed by atoms with E-state index in [1.165, 1.54) is 23.7 Å². The van der Waals surface area contributed by atoms with Crippen LogP contribution in [0.1, 0.15) is 18.7 Å². The van der Waals surface area contributed by atoms with Gasteiger partial charge in [-0.3, -0.25) is 0 Å². The van der Waals surface area contributed by atoms with Gasteiger partial charge in [-0.25, -0.2) is 18.1 Å². The van der Waals surface area contributed by atoms with Crippen molar-refractivity contribution in [2.75, 3.05) is 4.72 Å². The molecule has 0 unspecified atom stereocenters. The molecule has 2 aromatic rings. The Labute approximate surface area is 121 Å². The monoisotopic (exact) mass is 313 g/mol. The van der Waals surface area contributed by atoms with E-state index in [1.54, 1.807) is 12.1 Å². The van der Waals surface area contributed by atoms with Gasteiger partial charge < -0.3 is 5.32 Å². The normalized spacial score (nSPS) is 11.8. The maximum atomic E-state index is 12.1. The summed E-state index contributed by atoms with van der Waals surface area (Å²) in [6, 6.07) is 3.71. The lowest BCUT2D eigenvalue weighted by Gasteiger charge is -2.05. The fraction of sp³-hybridized carbons (Fsp3) is 0.364. The first-order chi connectivity index (χ1) is 9.47. The van der Waals surface area contributed by atoms with E-state index in [-0.39, 0.29) is 10.2 Å². The van der Waals surface area contributed by atoms with E-state index >= 15 is 0 Å². The molecule has 0 saturated heterocycles. The van der Waals surface area contributed by atoms with Crippen LogP contribution in [0.3, 0.4) is 0 Å². The summed E-state index contributed by atoms with van der Waals surface area (Å²) in [7, 11) is -3.66. The Bertz CT molecular complexity index is 654. The molecule has 0 aliphatic rings. The number of sulfonamides is 1. The van der Waals surface area contributed by atoms with Crippen molar-refractivity contribution >= 4 is 27.3 Å². The average Bonchev–Trinajstić information content (AvgIpc) is 2.86. The molecule has 2 rings (SSSR count). The molecule has 0 saturated carbocycles. The fourth-order valence-electron chi connectivity index (χ4n) is 1.37. The van der Waals surface area contributed by atoms with Crippen molar-refractivity contribution in [2.45, 2.75) is 30.6 Å². The quantitative estimate of drug-likeness (QED) is 0.832. The minimum Gasteiger partial charge on any atom is -0.310 e. The minimum absolute atomic E-state index is 0.0391. The van der Waals surface area contributed by atoms with E-state index in [0.29, 0.717) is 12.6 Å². The summed E-state index contributed by atoms with van der Waals surface area (Å²) in [4.78, 5) is 4.73. The second-order valence-electron chi connectivity index (χ2n) is 4.33. The van der Waals surface area contributed by atoms with Gasteiger partial charge in [0.1, 0.15) is 4.21 Å². The summed E-state index contributed by atoms with van der Waals surface area (Å²) < 4.78 is 26.8. The Hall–Kier alpha value is -1.58. The van der Waals surface area contributed by atoms with Gasteiger partial charge >= 0.3 is 0 Å². The Morgan fingerprint density at radius 3 is 2.75 bits per heavy atom. The molecule has 0 radical (unpaired) electrons. The molecular weight excluding hydrogens is 298 g/mol. The van der Waals surface area contributed by atoms with Crippen LogP contribution in [0, 0.1) is 0 Å². The van der Waals surface area contributed by atoms with Crippen LogP contribution >= 0.6 is 11.3 Å². The second-order valence-corrected chi connectivity index (χ2v) is 7.41. The number of thiophene rings is 1. The number of nitrogens with zero attached hydrogens (tertiary/aromatic N) is 3. The molecule has 0 bridgehead atoms. The van der Waals surface area contributed by atoms with E-state index in [0.717, 1.165) is 4.88 Å². The number of hydrogen-bond donors (Lipinski definition) is 2. The van der Waals surface area contributed by atoms with Crippen LogP contribution in [0.2, 0.25) is 0 Å². The van der Waals surface area contributed by atoms with E-state index < -0.39 is 10.0 Å². The number of aromatic nitrogens is 3. The molecular formula is C11H15N5O2S2. The molecule has 108 valence electrons. The Kier molecular flexibility index (Phi) is 4.63. The van der Waals surface area contributed by atoms with E-state index in [9.17, 15) is 8.42 Å². The fourth-order valence-corrected chi connectivity index (χ4v) is 3.62. The number of anilines is 1. The van der Waals surface area contributed by atoms with Crippen molar-refractivity contribution in [2.24, 2.45) is 0 Å². The molecule has 0 fully saturated rings. The van der Waals surface area contributed by atoms with Crippen molar-refractivity contribution in [3.8, 4) is 0 Å². The third kappa shape index (κ3) is 3.95. The van der Waals surface area contributed by atoms with Crippen LogP contribution < -0.4 is 10.0 Å². The van der Waals surface area contributed by atoms with Crippen LogP contribution in [0.25, 0.3) is 0 Å². The third-order valence-corrected chi connectivity index (χ3v) is 5.20. The Morgan fingerprint density at radius 1 is 1.30 bits per heavy atom. The van der Waals surface area contributed by atoms with Crippen LogP contribution in [-0.2, 0) is 16.6 Å². The van der Waals surface area contributed by atoms with Crippen molar-refractivity contribution < 1.29 is 8.42 Å². The van der Waals surface area contributed by atoms with Gasteiger partial charge in [-0.05, 0) is 12.1 Å². The predicted molar refractivity (Wildman–Crippen MR) is 76.9 cm³/mol. The highest BCUT2D eigenvalue weighted by molar-refractivity contribution is 7.94. The van der Waals surface area contributed by atoms with Gasteiger partial charge in [0.15, 0.2) is 0 Å². The lowest BCUT2D eigenvalue weighted by Crippen LogP contribution is -2.21. The average molecular weight is 313 g/mol. The molecule has 2 aromatic heterocycles. The maximum Gasteiger partial charge on any atom is 0.273 e. The molecule has 7 nitrogen and oxygen atoms in total. The smallest absolute Gasteiger partial charge is 0.273 e. The largest absolute Gasteiger partial charge is 0.310 e. The number of hydrogen-bond acceptors (Lipinski definition) is 7. The van der Waals surface area contributed by atoms with E-state index in [2.05, 4.69) is 25.2 Å². The molecule has 20 heavy (non-hydrogen) atoms. The molecule has 0 aliphatic heterocycles. The van der Waals surface area contributed by atoms with Gasteiger partial charge in [-0.1, -0.05) is 13.8 Å². The molecule has 0 aliphatic carbocycles. The lowest BCUT2D eigenvalue weighted by atomic mass is 10.4. The second kappa shape index (κ2) is 6.25. The number of nitrogens with one attached hydrogen (secondary N) is 2. The van der Waals surface area contributed by atoms with Gasteiger partial charge in [0.2, 0.25) is 0 Å². The molecule has 0 atom stereocenters. The third-order valence-electron chi connectivity index (χ3n) is 2.29. The van der Waals surface area contributed by atoms with Gasteiger partial charge in [0.05, 0.1) is 12.4 Å². The predicted octanol–water partition coefficient (Wildman–Crippen LogP) is 1.23. The van der Waals surface area contributed by atoms with E-state index in [1.807, 2.05) is 13.8 Å². The van der Waals surface area contributed by atoms with Gasteiger partial charge in [-0.2, -0.15) is 5.10 Å². The topological polar surface area (TPSA) is 96.9 Å². The molecule has 0 aromatic carbocycles. The first kappa shape index (κ1) is 14.8. The zero-order valence-electron chi connectivity index (χ0n) is 11.1. The molecule has 0 amide bonds. The summed E-state index contributed by atoms with van der Waals surface area (Å²) in [5.41, 5.74) is 0. The van der Waals surface area contributed by atoms with Crippen molar-refractivity contribution in [3.05, 3.63) is 29.4 Å². The SMILES string of the molecule is CC(C)NCc1ccc(S(=O)(=O)Nc2nccnn2)s1. The lowest BCUT2D eigenvalue weighted by molar-refractivity contribution is 0.593. The summed E-state index contributed by atoms with van der Waals surface area (Å²) in [6.45, 7) is 4.71.